The highest BCUT2D eigenvalue weighted by molar-refractivity contribution is 14.1. The summed E-state index contributed by atoms with van der Waals surface area (Å²) in [6.07, 6.45) is 3.38. The maximum Gasteiger partial charge on any atom is 0.410 e. The van der Waals surface area contributed by atoms with E-state index in [1.54, 1.807) is 4.90 Å². The Morgan fingerprint density at radius 2 is 2.00 bits per heavy atom. The summed E-state index contributed by atoms with van der Waals surface area (Å²) in [6, 6.07) is 4.18. The van der Waals surface area contributed by atoms with E-state index < -0.39 is 5.60 Å². The second-order valence-corrected chi connectivity index (χ2v) is 8.71. The van der Waals surface area contributed by atoms with Gasteiger partial charge in [0, 0.05) is 27.1 Å². The van der Waals surface area contributed by atoms with E-state index in [2.05, 4.69) is 32.4 Å². The van der Waals surface area contributed by atoms with Crippen molar-refractivity contribution in [3.8, 4) is 0 Å². The van der Waals surface area contributed by atoms with Crippen molar-refractivity contribution in [2.45, 2.75) is 45.3 Å². The Balaban J connectivity index is 1.72. The van der Waals surface area contributed by atoms with Crippen molar-refractivity contribution in [3.05, 3.63) is 26.9 Å². The molecule has 1 amide bonds. The highest BCUT2D eigenvalue weighted by Gasteiger charge is 2.28. The molecule has 5 nitrogen and oxygen atoms in total. The zero-order chi connectivity index (χ0) is 17.5. The zero-order valence-corrected chi connectivity index (χ0v) is 17.0. The number of carbonyl (C=O) groups excluding carboxylic acids is 1. The van der Waals surface area contributed by atoms with Crippen LogP contribution >= 0.6 is 34.2 Å². The van der Waals surface area contributed by atoms with E-state index in [0.29, 0.717) is 13.1 Å². The number of hydrogen-bond donors (Lipinski definition) is 0. The van der Waals surface area contributed by atoms with Gasteiger partial charge in [0.25, 0.3) is 0 Å². The largest absolute Gasteiger partial charge is 0.444 e. The molecule has 0 aliphatic carbocycles. The molecule has 2 aromatic rings. The first-order valence-electron chi connectivity index (χ1n) is 8.05. The van der Waals surface area contributed by atoms with Crippen LogP contribution in [0, 0.1) is 3.57 Å². The van der Waals surface area contributed by atoms with Crippen LogP contribution < -0.4 is 0 Å². The number of carbonyl (C=O) groups is 1. The third kappa shape index (κ3) is 3.79. The Bertz CT molecular complexity index is 761. The first-order chi connectivity index (χ1) is 11.2. The highest BCUT2D eigenvalue weighted by Crippen LogP contribution is 2.30. The fraction of sp³-hybridized carbons (Fsp3) is 0.529. The van der Waals surface area contributed by atoms with Gasteiger partial charge in [-0.1, -0.05) is 11.6 Å². The Morgan fingerprint density at radius 1 is 1.33 bits per heavy atom. The molecule has 0 spiro atoms. The second kappa shape index (κ2) is 6.71. The number of fused-ring (bicyclic) bond motifs is 1. The summed E-state index contributed by atoms with van der Waals surface area (Å²) in [6.45, 7) is 7.02. The lowest BCUT2D eigenvalue weighted by Gasteiger charge is -2.33. The Labute approximate surface area is 160 Å². The summed E-state index contributed by atoms with van der Waals surface area (Å²) in [5.74, 6) is 0. The maximum absolute atomic E-state index is 12.2. The molecule has 0 unspecified atom stereocenters. The van der Waals surface area contributed by atoms with Gasteiger partial charge in [-0.3, -0.25) is 4.68 Å². The van der Waals surface area contributed by atoms with Crippen molar-refractivity contribution < 1.29 is 9.53 Å². The van der Waals surface area contributed by atoms with Gasteiger partial charge in [-0.05, 0) is 68.3 Å². The van der Waals surface area contributed by atoms with Gasteiger partial charge in [0.1, 0.15) is 5.60 Å². The van der Waals surface area contributed by atoms with E-state index >= 15 is 0 Å². The highest BCUT2D eigenvalue weighted by atomic mass is 127. The number of benzene rings is 1. The van der Waals surface area contributed by atoms with E-state index in [1.165, 1.54) is 0 Å². The predicted molar refractivity (Wildman–Crippen MR) is 104 cm³/mol. The summed E-state index contributed by atoms with van der Waals surface area (Å²) in [5.41, 5.74) is 0.599. The normalized spacial score (nSPS) is 16.6. The molecule has 0 saturated carbocycles. The molecule has 24 heavy (non-hydrogen) atoms. The van der Waals surface area contributed by atoms with E-state index in [9.17, 15) is 4.79 Å². The van der Waals surface area contributed by atoms with Crippen molar-refractivity contribution >= 4 is 51.2 Å². The van der Waals surface area contributed by atoms with Crippen LogP contribution in [-0.4, -0.2) is 39.5 Å². The Morgan fingerprint density at radius 3 is 2.62 bits per heavy atom. The molecule has 130 valence electrons. The van der Waals surface area contributed by atoms with Gasteiger partial charge in [0.05, 0.1) is 17.8 Å². The molecule has 0 bridgehead atoms. The van der Waals surface area contributed by atoms with Gasteiger partial charge >= 0.3 is 6.09 Å². The SMILES string of the molecule is CC(C)(C)OC(=O)N1CCC(n2ncc3c(I)cc(Cl)cc32)CC1. The Kier molecular flexibility index (Phi) is 4.97. The summed E-state index contributed by atoms with van der Waals surface area (Å²) < 4.78 is 8.61. The number of halogens is 2. The molecule has 1 fully saturated rings. The summed E-state index contributed by atoms with van der Waals surface area (Å²) in [5, 5.41) is 6.41. The molecule has 1 aromatic carbocycles. The average Bonchev–Trinajstić information content (AvgIpc) is 2.89. The third-order valence-electron chi connectivity index (χ3n) is 4.09. The number of amides is 1. The summed E-state index contributed by atoms with van der Waals surface area (Å²) in [4.78, 5) is 14.0. The lowest BCUT2D eigenvalue weighted by atomic mass is 10.1. The third-order valence-corrected chi connectivity index (χ3v) is 5.20. The molecule has 1 aliphatic heterocycles. The van der Waals surface area contributed by atoms with Crippen molar-refractivity contribution in [1.82, 2.24) is 14.7 Å². The molecular weight excluding hydrogens is 441 g/mol. The monoisotopic (exact) mass is 461 g/mol. The van der Waals surface area contributed by atoms with Crippen LogP contribution in [0.4, 0.5) is 4.79 Å². The lowest BCUT2D eigenvalue weighted by molar-refractivity contribution is 0.0186. The minimum Gasteiger partial charge on any atom is -0.444 e. The summed E-state index contributed by atoms with van der Waals surface area (Å²) in [7, 11) is 0. The van der Waals surface area contributed by atoms with E-state index in [-0.39, 0.29) is 12.1 Å². The molecule has 0 radical (unpaired) electrons. The van der Waals surface area contributed by atoms with Crippen molar-refractivity contribution in [2.75, 3.05) is 13.1 Å². The second-order valence-electron chi connectivity index (χ2n) is 7.11. The molecule has 7 heteroatoms. The lowest BCUT2D eigenvalue weighted by Crippen LogP contribution is -2.42. The fourth-order valence-electron chi connectivity index (χ4n) is 2.98. The number of rotatable bonds is 1. The van der Waals surface area contributed by atoms with Crippen LogP contribution in [0.15, 0.2) is 18.3 Å². The molecule has 1 saturated heterocycles. The van der Waals surface area contributed by atoms with Gasteiger partial charge in [0.2, 0.25) is 0 Å². The molecule has 2 heterocycles. The van der Waals surface area contributed by atoms with Crippen LogP contribution in [0.5, 0.6) is 0 Å². The van der Waals surface area contributed by atoms with Crippen LogP contribution in [0.2, 0.25) is 5.02 Å². The van der Waals surface area contributed by atoms with Gasteiger partial charge in [-0.15, -0.1) is 0 Å². The van der Waals surface area contributed by atoms with Crippen molar-refractivity contribution in [2.24, 2.45) is 0 Å². The smallest absolute Gasteiger partial charge is 0.410 e. The van der Waals surface area contributed by atoms with E-state index in [0.717, 1.165) is 32.3 Å². The molecule has 0 atom stereocenters. The van der Waals surface area contributed by atoms with Crippen LogP contribution in [0.3, 0.4) is 0 Å². The topological polar surface area (TPSA) is 47.4 Å². The first-order valence-corrected chi connectivity index (χ1v) is 9.50. The van der Waals surface area contributed by atoms with Crippen molar-refractivity contribution in [1.29, 1.82) is 0 Å². The molecule has 3 rings (SSSR count). The standard InChI is InChI=1S/C17H21ClIN3O2/c1-17(2,3)24-16(23)21-6-4-12(5-7-21)22-15-9-11(18)8-14(19)13(15)10-20-22/h8-10,12H,4-7H2,1-3H3. The minimum absolute atomic E-state index is 0.233. The van der Waals surface area contributed by atoms with Crippen LogP contribution in [-0.2, 0) is 4.74 Å². The van der Waals surface area contributed by atoms with Gasteiger partial charge in [-0.25, -0.2) is 4.79 Å². The number of likely N-dealkylation sites (tertiary alicyclic amines) is 1. The van der Waals surface area contributed by atoms with E-state index in [1.807, 2.05) is 39.1 Å². The van der Waals surface area contributed by atoms with Gasteiger partial charge in [0.15, 0.2) is 0 Å². The average molecular weight is 462 g/mol. The first kappa shape index (κ1) is 17.8. The Hall–Kier alpha value is -1.02. The van der Waals surface area contributed by atoms with Crippen molar-refractivity contribution in [3.63, 3.8) is 0 Å². The number of nitrogens with zero attached hydrogens (tertiary/aromatic N) is 3. The number of aromatic nitrogens is 2. The maximum atomic E-state index is 12.2. The zero-order valence-electron chi connectivity index (χ0n) is 14.1. The van der Waals surface area contributed by atoms with Crippen LogP contribution in [0.25, 0.3) is 10.9 Å². The molecule has 1 aromatic heterocycles. The number of ether oxygens (including phenoxy) is 1. The predicted octanol–water partition coefficient (Wildman–Crippen LogP) is 4.87. The van der Waals surface area contributed by atoms with Gasteiger partial charge < -0.3 is 9.64 Å². The van der Waals surface area contributed by atoms with Crippen LogP contribution in [0.1, 0.15) is 39.7 Å². The molecule has 1 aliphatic rings. The van der Waals surface area contributed by atoms with Gasteiger partial charge in [-0.2, -0.15) is 5.10 Å². The quantitative estimate of drug-likeness (QED) is 0.570. The number of piperidine rings is 1. The molecular formula is C17H21ClIN3O2. The molecule has 0 N–H and O–H groups in total. The minimum atomic E-state index is -0.459. The van der Waals surface area contributed by atoms with E-state index in [4.69, 9.17) is 16.3 Å². The number of hydrogen-bond acceptors (Lipinski definition) is 3. The summed E-state index contributed by atoms with van der Waals surface area (Å²) >= 11 is 8.49. The fourth-order valence-corrected chi connectivity index (χ4v) is 4.13.